The Morgan fingerprint density at radius 2 is 1.55 bits per heavy atom. The van der Waals surface area contributed by atoms with Crippen molar-refractivity contribution >= 4 is 11.8 Å². The van der Waals surface area contributed by atoms with Gasteiger partial charge in [0.2, 0.25) is 0 Å². The number of pyridine rings is 1. The molecule has 0 atom stereocenters. The molecule has 1 fully saturated rings. The van der Waals surface area contributed by atoms with Gasteiger partial charge in [0, 0.05) is 43.9 Å². The van der Waals surface area contributed by atoms with Crippen LogP contribution in [0.25, 0.3) is 0 Å². The molecule has 0 unspecified atom stereocenters. The van der Waals surface area contributed by atoms with Gasteiger partial charge >= 0.3 is 5.97 Å². The lowest BCUT2D eigenvalue weighted by Crippen LogP contribution is -2.47. The molecule has 2 heterocycles. The average Bonchev–Trinajstić information content (AvgIpc) is 2.86. The molecule has 4 rings (SSSR count). The summed E-state index contributed by atoms with van der Waals surface area (Å²) in [7, 11) is 0. The first-order chi connectivity index (χ1) is 16.2. The number of aromatic nitrogens is 1. The van der Waals surface area contributed by atoms with Crippen molar-refractivity contribution in [1.82, 2.24) is 9.88 Å². The number of hydrogen-bond acceptors (Lipinski definition) is 5. The maximum atomic E-state index is 12.3. The standard InChI is InChI=1S/C28H33N3O2/c1-3-33-28(32)25-14-16-29-27(22(25)2)31-20-18-30(19-21-31)17-15-26(23-10-6-4-7-11-23)24-12-8-5-9-13-24/h4-14,16,26H,3,15,17-21H2,1-2H3. The number of carbonyl (C=O) groups is 1. The molecule has 0 spiro atoms. The third kappa shape index (κ3) is 5.60. The highest BCUT2D eigenvalue weighted by molar-refractivity contribution is 5.92. The fourth-order valence-electron chi connectivity index (χ4n) is 4.66. The molecule has 1 aliphatic heterocycles. The molecule has 1 saturated heterocycles. The van der Waals surface area contributed by atoms with Crippen molar-refractivity contribution in [1.29, 1.82) is 0 Å². The minimum absolute atomic E-state index is 0.273. The van der Waals surface area contributed by atoms with Gasteiger partial charge in [-0.05, 0) is 44.0 Å². The summed E-state index contributed by atoms with van der Waals surface area (Å²) in [5.74, 6) is 1.02. The summed E-state index contributed by atoms with van der Waals surface area (Å²) in [4.78, 5) is 21.7. The second-order valence-corrected chi connectivity index (χ2v) is 8.52. The van der Waals surface area contributed by atoms with E-state index in [2.05, 4.69) is 75.4 Å². The van der Waals surface area contributed by atoms with Crippen molar-refractivity contribution in [2.45, 2.75) is 26.2 Å². The number of carbonyl (C=O) groups excluding carboxylic acids is 1. The smallest absolute Gasteiger partial charge is 0.338 e. The van der Waals surface area contributed by atoms with Crippen molar-refractivity contribution in [3.8, 4) is 0 Å². The van der Waals surface area contributed by atoms with Gasteiger partial charge in [-0.2, -0.15) is 0 Å². The summed E-state index contributed by atoms with van der Waals surface area (Å²) in [5.41, 5.74) is 4.26. The zero-order valence-corrected chi connectivity index (χ0v) is 19.6. The van der Waals surface area contributed by atoms with Crippen LogP contribution in [-0.2, 0) is 4.74 Å². The average molecular weight is 444 g/mol. The molecule has 0 bridgehead atoms. The maximum Gasteiger partial charge on any atom is 0.338 e. The molecule has 0 aliphatic carbocycles. The minimum Gasteiger partial charge on any atom is -0.462 e. The Labute approximate surface area is 197 Å². The van der Waals surface area contributed by atoms with Crippen molar-refractivity contribution in [3.05, 3.63) is 95.2 Å². The lowest BCUT2D eigenvalue weighted by Gasteiger charge is -2.36. The fourth-order valence-corrected chi connectivity index (χ4v) is 4.66. The summed E-state index contributed by atoms with van der Waals surface area (Å²) in [6.07, 6.45) is 2.80. The van der Waals surface area contributed by atoms with E-state index in [0.717, 1.165) is 50.5 Å². The molecule has 3 aromatic rings. The predicted octanol–water partition coefficient (Wildman–Crippen LogP) is 4.91. The van der Waals surface area contributed by atoms with Gasteiger partial charge in [-0.1, -0.05) is 60.7 Å². The molecule has 1 aliphatic rings. The van der Waals surface area contributed by atoms with Gasteiger partial charge in [0.1, 0.15) is 5.82 Å². The van der Waals surface area contributed by atoms with E-state index in [1.807, 2.05) is 13.8 Å². The molecule has 5 nitrogen and oxygen atoms in total. The third-order valence-corrected chi connectivity index (χ3v) is 6.48. The highest BCUT2D eigenvalue weighted by atomic mass is 16.5. The molecule has 0 amide bonds. The highest BCUT2D eigenvalue weighted by Crippen LogP contribution is 2.29. The first kappa shape index (κ1) is 23.0. The van der Waals surface area contributed by atoms with Crippen LogP contribution in [0.2, 0.25) is 0 Å². The van der Waals surface area contributed by atoms with Crippen molar-refractivity contribution < 1.29 is 9.53 Å². The number of esters is 1. The van der Waals surface area contributed by atoms with Crippen LogP contribution in [0.1, 0.15) is 46.3 Å². The van der Waals surface area contributed by atoms with Crippen LogP contribution in [-0.4, -0.2) is 55.2 Å². The summed E-state index contributed by atoms with van der Waals surface area (Å²) in [6.45, 7) is 9.00. The van der Waals surface area contributed by atoms with Gasteiger partial charge in [0.15, 0.2) is 0 Å². The van der Waals surface area contributed by atoms with Gasteiger partial charge in [0.25, 0.3) is 0 Å². The van der Waals surface area contributed by atoms with Crippen molar-refractivity contribution in [3.63, 3.8) is 0 Å². The quantitative estimate of drug-likeness (QED) is 0.463. The summed E-state index contributed by atoms with van der Waals surface area (Å²) in [6, 6.07) is 23.4. The van der Waals surface area contributed by atoms with E-state index in [9.17, 15) is 4.79 Å². The molecule has 0 N–H and O–H groups in total. The third-order valence-electron chi connectivity index (χ3n) is 6.48. The van der Waals surface area contributed by atoms with Gasteiger partial charge in [0.05, 0.1) is 12.2 Å². The number of rotatable bonds is 8. The minimum atomic E-state index is -0.273. The number of benzene rings is 2. The van der Waals surface area contributed by atoms with Gasteiger partial charge in [-0.25, -0.2) is 9.78 Å². The van der Waals surface area contributed by atoms with Crippen LogP contribution in [0.15, 0.2) is 72.9 Å². The Hall–Kier alpha value is -3.18. The van der Waals surface area contributed by atoms with Gasteiger partial charge < -0.3 is 9.64 Å². The van der Waals surface area contributed by atoms with E-state index in [0.29, 0.717) is 18.1 Å². The number of nitrogens with zero attached hydrogens (tertiary/aromatic N) is 3. The van der Waals surface area contributed by atoms with Crippen LogP contribution >= 0.6 is 0 Å². The first-order valence-corrected chi connectivity index (χ1v) is 11.9. The first-order valence-electron chi connectivity index (χ1n) is 11.9. The maximum absolute atomic E-state index is 12.3. The predicted molar refractivity (Wildman–Crippen MR) is 133 cm³/mol. The molecule has 0 saturated carbocycles. The van der Waals surface area contributed by atoms with E-state index in [1.54, 1.807) is 12.3 Å². The molecule has 0 radical (unpaired) electrons. The monoisotopic (exact) mass is 443 g/mol. The number of anilines is 1. The number of ether oxygens (including phenoxy) is 1. The second kappa shape index (κ2) is 11.1. The van der Waals surface area contributed by atoms with Crippen molar-refractivity contribution in [2.24, 2.45) is 0 Å². The SMILES string of the molecule is CCOC(=O)c1ccnc(N2CCN(CCC(c3ccccc3)c3ccccc3)CC2)c1C. The zero-order chi connectivity index (χ0) is 23.0. The lowest BCUT2D eigenvalue weighted by atomic mass is 9.88. The van der Waals surface area contributed by atoms with Crippen LogP contribution in [0, 0.1) is 6.92 Å². The van der Waals surface area contributed by atoms with Gasteiger partial charge in [-0.3, -0.25) is 4.90 Å². The molecule has 2 aromatic carbocycles. The zero-order valence-electron chi connectivity index (χ0n) is 19.6. The van der Waals surface area contributed by atoms with E-state index >= 15 is 0 Å². The topological polar surface area (TPSA) is 45.7 Å². The Bertz CT molecular complexity index is 992. The largest absolute Gasteiger partial charge is 0.462 e. The normalized spacial score (nSPS) is 14.5. The lowest BCUT2D eigenvalue weighted by molar-refractivity contribution is 0.0525. The number of piperazine rings is 1. The van der Waals surface area contributed by atoms with Crippen molar-refractivity contribution in [2.75, 3.05) is 44.2 Å². The van der Waals surface area contributed by atoms with Crippen LogP contribution in [0.5, 0.6) is 0 Å². The summed E-state index contributed by atoms with van der Waals surface area (Å²) >= 11 is 0. The Kier molecular flexibility index (Phi) is 7.74. The van der Waals surface area contributed by atoms with Crippen LogP contribution in [0.4, 0.5) is 5.82 Å². The Morgan fingerprint density at radius 1 is 0.939 bits per heavy atom. The fraction of sp³-hybridized carbons (Fsp3) is 0.357. The van der Waals surface area contributed by atoms with E-state index in [-0.39, 0.29) is 5.97 Å². The van der Waals surface area contributed by atoms with Crippen LogP contribution < -0.4 is 4.90 Å². The van der Waals surface area contributed by atoms with Gasteiger partial charge in [-0.15, -0.1) is 0 Å². The molecule has 33 heavy (non-hydrogen) atoms. The van der Waals surface area contributed by atoms with E-state index in [1.165, 1.54) is 11.1 Å². The molecular weight excluding hydrogens is 410 g/mol. The van der Waals surface area contributed by atoms with E-state index in [4.69, 9.17) is 4.74 Å². The molecule has 1 aromatic heterocycles. The summed E-state index contributed by atoms with van der Waals surface area (Å²) < 4.78 is 5.20. The molecule has 5 heteroatoms. The summed E-state index contributed by atoms with van der Waals surface area (Å²) in [5, 5.41) is 0. The van der Waals surface area contributed by atoms with Crippen LogP contribution in [0.3, 0.4) is 0 Å². The molecule has 172 valence electrons. The Morgan fingerprint density at radius 3 is 2.12 bits per heavy atom. The number of hydrogen-bond donors (Lipinski definition) is 0. The highest BCUT2D eigenvalue weighted by Gasteiger charge is 2.23. The molecular formula is C28H33N3O2. The van der Waals surface area contributed by atoms with E-state index < -0.39 is 0 Å². The second-order valence-electron chi connectivity index (χ2n) is 8.52. The Balaban J connectivity index is 1.38.